The molecule has 2 N–H and O–H groups in total. The number of nitrogens with one attached hydrogen (secondary N) is 1. The fourth-order valence-corrected chi connectivity index (χ4v) is 5.28. The minimum Gasteiger partial charge on any atom is -0.481 e. The molecule has 198 valence electrons. The second-order valence-electron chi connectivity index (χ2n) is 10.2. The number of hydrogen-bond acceptors (Lipinski definition) is 4. The van der Waals surface area contributed by atoms with Crippen molar-refractivity contribution in [2.45, 2.75) is 57.3 Å². The summed E-state index contributed by atoms with van der Waals surface area (Å²) in [6, 6.07) is 19.7. The van der Waals surface area contributed by atoms with Crippen LogP contribution in [0.2, 0.25) is 0 Å². The van der Waals surface area contributed by atoms with Crippen molar-refractivity contribution in [3.05, 3.63) is 83.4 Å². The number of rotatable bonds is 7. The summed E-state index contributed by atoms with van der Waals surface area (Å²) in [5.74, 6) is -0.611. The predicted octanol–water partition coefficient (Wildman–Crippen LogP) is 7.36. The Bertz CT molecular complexity index is 1480. The Morgan fingerprint density at radius 2 is 1.87 bits per heavy atom. The molecule has 0 spiro atoms. The molecule has 0 aliphatic heterocycles. The highest BCUT2D eigenvalue weighted by molar-refractivity contribution is 5.81. The van der Waals surface area contributed by atoms with Crippen molar-refractivity contribution in [2.75, 3.05) is 5.32 Å². The van der Waals surface area contributed by atoms with E-state index in [-0.39, 0.29) is 23.6 Å². The number of carboxylic acids is 1. The van der Waals surface area contributed by atoms with E-state index in [9.17, 15) is 18.0 Å². The molecule has 9 heteroatoms. The molecule has 6 nitrogen and oxygen atoms in total. The van der Waals surface area contributed by atoms with Crippen LogP contribution in [0, 0.1) is 0 Å². The lowest BCUT2D eigenvalue weighted by atomic mass is 9.71. The van der Waals surface area contributed by atoms with E-state index < -0.39 is 12.3 Å². The summed E-state index contributed by atoms with van der Waals surface area (Å²) in [4.78, 5) is 15.9. The highest BCUT2D eigenvalue weighted by Gasteiger charge is 2.35. The van der Waals surface area contributed by atoms with Gasteiger partial charge in [-0.05, 0) is 77.8 Å². The Labute approximate surface area is 218 Å². The van der Waals surface area contributed by atoms with E-state index in [0.29, 0.717) is 18.1 Å². The summed E-state index contributed by atoms with van der Waals surface area (Å²) in [5.41, 5.74) is 5.54. The van der Waals surface area contributed by atoms with Crippen LogP contribution in [0.15, 0.2) is 66.7 Å². The molecule has 3 aromatic carbocycles. The van der Waals surface area contributed by atoms with Crippen LogP contribution in [0.25, 0.3) is 11.0 Å². The summed E-state index contributed by atoms with van der Waals surface area (Å²) in [5, 5.41) is 12.4. The SMILES string of the molecule is CC1(C)CC[C@H](n2c(Nc3ccc(OC(F)(F)F)cc3)nc3cc(CCC(=O)O)ccc32)c2ccccc21. The fourth-order valence-electron chi connectivity index (χ4n) is 5.28. The van der Waals surface area contributed by atoms with Crippen LogP contribution in [0.5, 0.6) is 5.75 Å². The third-order valence-corrected chi connectivity index (χ3v) is 7.13. The fraction of sp³-hybridized carbons (Fsp3) is 0.310. The lowest BCUT2D eigenvalue weighted by molar-refractivity contribution is -0.274. The normalized spacial score (nSPS) is 16.7. The average Bonchev–Trinajstić information content (AvgIpc) is 3.20. The zero-order valence-corrected chi connectivity index (χ0v) is 21.0. The van der Waals surface area contributed by atoms with E-state index in [0.717, 1.165) is 29.4 Å². The number of anilines is 2. The highest BCUT2D eigenvalue weighted by Crippen LogP contribution is 2.45. The van der Waals surface area contributed by atoms with Crippen LogP contribution >= 0.6 is 0 Å². The molecule has 1 heterocycles. The van der Waals surface area contributed by atoms with Crippen LogP contribution in [0.1, 0.15) is 55.8 Å². The minimum atomic E-state index is -4.76. The first-order valence-electron chi connectivity index (χ1n) is 12.4. The second-order valence-corrected chi connectivity index (χ2v) is 10.2. The Hall–Kier alpha value is -4.01. The molecule has 0 bridgehead atoms. The van der Waals surface area contributed by atoms with Gasteiger partial charge in [0.15, 0.2) is 0 Å². The molecule has 0 saturated heterocycles. The number of aromatic nitrogens is 2. The molecular weight excluding hydrogens is 495 g/mol. The van der Waals surface area contributed by atoms with Crippen LogP contribution in [0.4, 0.5) is 24.8 Å². The van der Waals surface area contributed by atoms with Gasteiger partial charge in [-0.1, -0.05) is 44.2 Å². The minimum absolute atomic E-state index is 0.00979. The Morgan fingerprint density at radius 1 is 1.13 bits per heavy atom. The maximum absolute atomic E-state index is 12.6. The molecular formula is C29H28F3N3O3. The zero-order valence-electron chi connectivity index (χ0n) is 21.0. The summed E-state index contributed by atoms with van der Waals surface area (Å²) in [6.45, 7) is 4.49. The first-order chi connectivity index (χ1) is 18.0. The topological polar surface area (TPSA) is 76.4 Å². The van der Waals surface area contributed by atoms with Gasteiger partial charge >= 0.3 is 12.3 Å². The van der Waals surface area contributed by atoms with Crippen LogP contribution in [-0.4, -0.2) is 27.0 Å². The van der Waals surface area contributed by atoms with Crippen LogP contribution < -0.4 is 10.1 Å². The molecule has 0 radical (unpaired) electrons. The van der Waals surface area contributed by atoms with Gasteiger partial charge in [-0.15, -0.1) is 13.2 Å². The van der Waals surface area contributed by atoms with Crippen LogP contribution in [-0.2, 0) is 16.6 Å². The maximum atomic E-state index is 12.6. The Kier molecular flexibility index (Phi) is 6.54. The lowest BCUT2D eigenvalue weighted by Crippen LogP contribution is -2.29. The number of aryl methyl sites for hydroxylation is 1. The average molecular weight is 524 g/mol. The summed E-state index contributed by atoms with van der Waals surface area (Å²) < 4.78 is 43.9. The van der Waals surface area contributed by atoms with E-state index in [4.69, 9.17) is 10.1 Å². The van der Waals surface area contributed by atoms with Crippen molar-refractivity contribution in [1.29, 1.82) is 0 Å². The molecule has 1 atom stereocenters. The number of ether oxygens (including phenoxy) is 1. The highest BCUT2D eigenvalue weighted by atomic mass is 19.4. The second kappa shape index (κ2) is 9.70. The standard InChI is InChI=1S/C29H28F3N3O3/c1-28(2)16-15-24(21-5-3-4-6-22(21)28)35-25-13-7-18(8-14-26(36)37)17-23(25)34-27(35)33-19-9-11-20(12-10-19)38-29(30,31)32/h3-7,9-13,17,24H,8,14-16H2,1-2H3,(H,33,34)(H,36,37)/t24-/m0/s1. The largest absolute Gasteiger partial charge is 0.573 e. The number of halogens is 3. The molecule has 5 rings (SSSR count). The Morgan fingerprint density at radius 3 is 2.58 bits per heavy atom. The van der Waals surface area contributed by atoms with E-state index in [2.05, 4.69) is 40.6 Å². The number of imidazole rings is 1. The van der Waals surface area contributed by atoms with Gasteiger partial charge in [0.1, 0.15) is 5.75 Å². The number of fused-ring (bicyclic) bond motifs is 2. The molecule has 1 aromatic heterocycles. The number of hydrogen-bond donors (Lipinski definition) is 2. The van der Waals surface area contributed by atoms with Crippen LogP contribution in [0.3, 0.4) is 0 Å². The zero-order chi connectivity index (χ0) is 27.1. The molecule has 4 aromatic rings. The molecule has 1 aliphatic carbocycles. The van der Waals surface area contributed by atoms with Gasteiger partial charge in [-0.3, -0.25) is 4.79 Å². The third kappa shape index (κ3) is 5.32. The summed E-state index contributed by atoms with van der Waals surface area (Å²) >= 11 is 0. The molecule has 38 heavy (non-hydrogen) atoms. The van der Waals surface area contributed by atoms with Crippen molar-refractivity contribution in [2.24, 2.45) is 0 Å². The number of carboxylic acid groups (broad SMARTS) is 1. The molecule has 0 saturated carbocycles. The van der Waals surface area contributed by atoms with Crippen molar-refractivity contribution >= 4 is 28.6 Å². The number of nitrogens with zero attached hydrogens (tertiary/aromatic N) is 2. The van der Waals surface area contributed by atoms with Gasteiger partial charge in [0.2, 0.25) is 5.95 Å². The van der Waals surface area contributed by atoms with Gasteiger partial charge in [0.05, 0.1) is 17.1 Å². The van der Waals surface area contributed by atoms with E-state index in [1.807, 2.05) is 30.3 Å². The van der Waals surface area contributed by atoms with Crippen molar-refractivity contribution < 1.29 is 27.8 Å². The number of aliphatic carboxylic acids is 1. The van der Waals surface area contributed by atoms with Gasteiger partial charge in [0.25, 0.3) is 0 Å². The summed E-state index contributed by atoms with van der Waals surface area (Å²) in [6.07, 6.45) is -2.50. The van der Waals surface area contributed by atoms with Crippen molar-refractivity contribution in [1.82, 2.24) is 9.55 Å². The van der Waals surface area contributed by atoms with Gasteiger partial charge in [0, 0.05) is 12.1 Å². The smallest absolute Gasteiger partial charge is 0.481 e. The molecule has 1 aliphatic rings. The van der Waals surface area contributed by atoms with Gasteiger partial charge < -0.3 is 19.7 Å². The van der Waals surface area contributed by atoms with Gasteiger partial charge in [-0.2, -0.15) is 0 Å². The van der Waals surface area contributed by atoms with E-state index in [1.165, 1.54) is 35.4 Å². The third-order valence-electron chi connectivity index (χ3n) is 7.13. The monoisotopic (exact) mass is 523 g/mol. The first kappa shape index (κ1) is 25.6. The Balaban J connectivity index is 1.57. The number of alkyl halides is 3. The number of carbonyl (C=O) groups is 1. The van der Waals surface area contributed by atoms with Crippen molar-refractivity contribution in [3.63, 3.8) is 0 Å². The lowest BCUT2D eigenvalue weighted by Gasteiger charge is -2.38. The predicted molar refractivity (Wildman–Crippen MR) is 139 cm³/mol. The first-order valence-corrected chi connectivity index (χ1v) is 12.4. The maximum Gasteiger partial charge on any atom is 0.573 e. The van der Waals surface area contributed by atoms with E-state index in [1.54, 1.807) is 0 Å². The molecule has 0 unspecified atom stereocenters. The quantitative estimate of drug-likeness (QED) is 0.265. The van der Waals surface area contributed by atoms with E-state index >= 15 is 0 Å². The molecule has 0 fully saturated rings. The van der Waals surface area contributed by atoms with Crippen molar-refractivity contribution in [3.8, 4) is 5.75 Å². The summed E-state index contributed by atoms with van der Waals surface area (Å²) in [7, 11) is 0. The molecule has 0 amide bonds. The number of benzene rings is 3. The van der Waals surface area contributed by atoms with Gasteiger partial charge in [-0.25, -0.2) is 4.98 Å².